The highest BCUT2D eigenvalue weighted by Crippen LogP contribution is 2.24. The third kappa shape index (κ3) is 5.70. The van der Waals surface area contributed by atoms with Crippen molar-refractivity contribution < 1.29 is 13.6 Å². The molecular weight excluding hydrogens is 254 g/mol. The summed E-state index contributed by atoms with van der Waals surface area (Å²) in [7, 11) is -2.36. The largest absolute Gasteiger partial charge is 0.290 e. The van der Waals surface area contributed by atoms with Gasteiger partial charge in [0.15, 0.2) is 0 Å². The third-order valence-corrected chi connectivity index (χ3v) is 4.38. The Kier molecular flexibility index (Phi) is 7.80. The fourth-order valence-corrected chi connectivity index (χ4v) is 1.58. The van der Waals surface area contributed by atoms with E-state index in [2.05, 4.69) is 11.2 Å². The van der Waals surface area contributed by atoms with E-state index in [1.165, 1.54) is 18.8 Å². The average Bonchev–Trinajstić information content (AvgIpc) is 2.17. The highest BCUT2D eigenvalue weighted by molar-refractivity contribution is 8.28. The molecule has 0 rings (SSSR count). The van der Waals surface area contributed by atoms with Gasteiger partial charge < -0.3 is 0 Å². The van der Waals surface area contributed by atoms with Crippen LogP contribution in [-0.2, 0) is 24.9 Å². The van der Waals surface area contributed by atoms with Crippen LogP contribution in [0, 0.1) is 0 Å². The van der Waals surface area contributed by atoms with E-state index in [1.54, 1.807) is 20.1 Å². The standard InChI is InChI=1S/C6H13NO3S3.C2H6/c1-6(2,12-4)5(8)7(3)13(9,10)11;1-2/h1-4H3,(H,9,10,11);1-2H3. The van der Waals surface area contributed by atoms with Gasteiger partial charge >= 0.3 is 0 Å². The van der Waals surface area contributed by atoms with Crippen molar-refractivity contribution in [2.45, 2.75) is 32.4 Å². The number of nitrogens with zero attached hydrogens (tertiary/aromatic N) is 1. The monoisotopic (exact) mass is 273 g/mol. The van der Waals surface area contributed by atoms with E-state index >= 15 is 0 Å². The first-order valence-electron chi connectivity index (χ1n) is 4.44. The van der Waals surface area contributed by atoms with Crippen LogP contribution in [0.25, 0.3) is 0 Å². The number of thioether (sulfide) groups is 1. The number of rotatable bonds is 3. The lowest BCUT2D eigenvalue weighted by atomic mass is 10.2. The first-order valence-corrected chi connectivity index (χ1v) is 8.06. The Morgan fingerprint density at radius 3 is 2.00 bits per heavy atom. The van der Waals surface area contributed by atoms with Crippen LogP contribution < -0.4 is 0 Å². The van der Waals surface area contributed by atoms with Gasteiger partial charge in [-0.25, -0.2) is 8.51 Å². The molecule has 0 fully saturated rings. The molecule has 0 bridgehead atoms. The zero-order chi connectivity index (χ0) is 12.9. The van der Waals surface area contributed by atoms with Gasteiger partial charge in [-0.05, 0) is 20.1 Å². The fourth-order valence-electron chi connectivity index (χ4n) is 0.571. The highest BCUT2D eigenvalue weighted by Gasteiger charge is 2.32. The fraction of sp³-hybridized carbons (Fsp3) is 0.875. The molecular formula is C8H19NO3S3. The van der Waals surface area contributed by atoms with Gasteiger partial charge in [0.2, 0.25) is 8.96 Å². The Bertz CT molecular complexity index is 298. The maximum absolute atomic E-state index is 11.5. The molecule has 15 heavy (non-hydrogen) atoms. The molecule has 0 saturated heterocycles. The molecule has 0 aliphatic heterocycles. The highest BCUT2D eigenvalue weighted by atomic mass is 32.8. The van der Waals surface area contributed by atoms with Crippen LogP contribution in [0.4, 0.5) is 0 Å². The predicted octanol–water partition coefficient (Wildman–Crippen LogP) is 1.75. The molecule has 92 valence electrons. The smallest absolute Gasteiger partial charge is 0.251 e. The Hall–Kier alpha value is 0.150. The minimum atomic E-state index is -3.59. The molecule has 0 spiro atoms. The topological polar surface area (TPSA) is 57.6 Å². The average molecular weight is 273 g/mol. The van der Waals surface area contributed by atoms with Crippen LogP contribution in [0.15, 0.2) is 0 Å². The molecule has 1 N–H and O–H groups in total. The molecule has 4 nitrogen and oxygen atoms in total. The summed E-state index contributed by atoms with van der Waals surface area (Å²) in [5.74, 6) is -0.442. The lowest BCUT2D eigenvalue weighted by molar-refractivity contribution is -0.127. The maximum Gasteiger partial charge on any atom is 0.251 e. The first kappa shape index (κ1) is 17.5. The molecule has 0 aromatic carbocycles. The van der Waals surface area contributed by atoms with Crippen molar-refractivity contribution in [1.82, 2.24) is 4.31 Å². The van der Waals surface area contributed by atoms with E-state index < -0.39 is 19.6 Å². The van der Waals surface area contributed by atoms with Crippen molar-refractivity contribution in [1.29, 1.82) is 0 Å². The van der Waals surface area contributed by atoms with Crippen LogP contribution >= 0.6 is 11.8 Å². The number of amides is 1. The van der Waals surface area contributed by atoms with Crippen molar-refractivity contribution in [2.24, 2.45) is 0 Å². The molecule has 1 unspecified atom stereocenters. The first-order chi connectivity index (χ1) is 6.63. The van der Waals surface area contributed by atoms with Gasteiger partial charge in [-0.1, -0.05) is 13.8 Å². The summed E-state index contributed by atoms with van der Waals surface area (Å²) in [5, 5.41) is 0. The summed E-state index contributed by atoms with van der Waals surface area (Å²) in [6.45, 7) is 7.36. The predicted molar refractivity (Wildman–Crippen MR) is 69.8 cm³/mol. The van der Waals surface area contributed by atoms with Crippen LogP contribution in [-0.4, -0.2) is 37.0 Å². The number of hydrogen-bond acceptors (Lipinski definition) is 4. The quantitative estimate of drug-likeness (QED) is 0.849. The summed E-state index contributed by atoms with van der Waals surface area (Å²) in [5.41, 5.74) is 0. The Morgan fingerprint density at radius 1 is 1.47 bits per heavy atom. The van der Waals surface area contributed by atoms with E-state index in [0.717, 1.165) is 0 Å². The van der Waals surface area contributed by atoms with E-state index in [0.29, 0.717) is 4.31 Å². The zero-order valence-corrected chi connectivity index (χ0v) is 12.4. The maximum atomic E-state index is 11.5. The van der Waals surface area contributed by atoms with Gasteiger partial charge in [-0.2, -0.15) is 0 Å². The third-order valence-electron chi connectivity index (χ3n) is 1.66. The summed E-state index contributed by atoms with van der Waals surface area (Å²) in [4.78, 5) is 11.5. The van der Waals surface area contributed by atoms with Crippen LogP contribution in [0.5, 0.6) is 0 Å². The van der Waals surface area contributed by atoms with Gasteiger partial charge in [0.05, 0.1) is 4.75 Å². The van der Waals surface area contributed by atoms with Crippen LogP contribution in [0.3, 0.4) is 0 Å². The van der Waals surface area contributed by atoms with E-state index in [4.69, 9.17) is 4.55 Å². The number of hydrogen-bond donors (Lipinski definition) is 1. The Labute approximate surface area is 101 Å². The molecule has 0 aliphatic rings. The van der Waals surface area contributed by atoms with Gasteiger partial charge in [0.25, 0.3) is 5.91 Å². The second kappa shape index (κ2) is 6.67. The molecule has 0 saturated carbocycles. The van der Waals surface area contributed by atoms with Gasteiger partial charge in [0.1, 0.15) is 0 Å². The van der Waals surface area contributed by atoms with Crippen molar-refractivity contribution in [3.05, 3.63) is 0 Å². The summed E-state index contributed by atoms with van der Waals surface area (Å²) in [6, 6.07) is 0. The van der Waals surface area contributed by atoms with E-state index in [9.17, 15) is 9.00 Å². The van der Waals surface area contributed by atoms with Crippen molar-refractivity contribution in [3.63, 3.8) is 0 Å². The van der Waals surface area contributed by atoms with E-state index in [-0.39, 0.29) is 0 Å². The molecule has 7 heteroatoms. The number of carbonyl (C=O) groups excluding carboxylic acids is 1. The second-order valence-corrected chi connectivity index (χ2v) is 7.14. The molecule has 1 amide bonds. The summed E-state index contributed by atoms with van der Waals surface area (Å²) >= 11 is 5.59. The molecule has 1 atom stereocenters. The normalized spacial score (nSPS) is 14.6. The van der Waals surface area contributed by atoms with Crippen molar-refractivity contribution >= 4 is 37.8 Å². The Morgan fingerprint density at radius 2 is 1.80 bits per heavy atom. The van der Waals surface area contributed by atoms with E-state index in [1.807, 2.05) is 13.8 Å². The second-order valence-electron chi connectivity index (χ2n) is 2.96. The summed E-state index contributed by atoms with van der Waals surface area (Å²) < 4.78 is 19.9. The minimum Gasteiger partial charge on any atom is -0.290 e. The molecule has 0 aliphatic carbocycles. The van der Waals surface area contributed by atoms with Crippen LogP contribution in [0.2, 0.25) is 0 Å². The van der Waals surface area contributed by atoms with Gasteiger partial charge in [0, 0.05) is 18.2 Å². The Balaban J connectivity index is 0. The summed E-state index contributed by atoms with van der Waals surface area (Å²) in [6.07, 6.45) is 1.76. The van der Waals surface area contributed by atoms with Crippen molar-refractivity contribution in [3.8, 4) is 0 Å². The SMILES string of the molecule is CC.CSC(C)(C)C(=O)N(C)S(=O)(O)=S. The van der Waals surface area contributed by atoms with Gasteiger partial charge in [-0.3, -0.25) is 9.35 Å². The van der Waals surface area contributed by atoms with Crippen molar-refractivity contribution in [2.75, 3.05) is 13.3 Å². The zero-order valence-electron chi connectivity index (χ0n) is 9.94. The minimum absolute atomic E-state index is 0.442. The lowest BCUT2D eigenvalue weighted by Crippen LogP contribution is -2.43. The van der Waals surface area contributed by atoms with Gasteiger partial charge in [-0.15, -0.1) is 11.8 Å². The number of carbonyl (C=O) groups is 1. The lowest BCUT2D eigenvalue weighted by Gasteiger charge is -2.26. The molecule has 0 heterocycles. The van der Waals surface area contributed by atoms with Crippen LogP contribution in [0.1, 0.15) is 27.7 Å². The molecule has 0 radical (unpaired) electrons. The molecule has 0 aromatic rings. The molecule has 0 aromatic heterocycles.